The van der Waals surface area contributed by atoms with Crippen LogP contribution in [0, 0.1) is 20.2 Å². The largest absolute Gasteiger partial charge is 0.294 e. The van der Waals surface area contributed by atoms with E-state index in [-0.39, 0.29) is 22.1 Å². The zero-order valence-corrected chi connectivity index (χ0v) is 11.7. The molecule has 22 heavy (non-hydrogen) atoms. The minimum Gasteiger partial charge on any atom is -0.272 e. The SMILES string of the molecule is O=[N+]([O-])c1cc(C=NNc2ccccc2[N+](=O)[O-])ccc1Cl. The number of nitro benzene ring substituents is 2. The van der Waals surface area contributed by atoms with E-state index >= 15 is 0 Å². The standard InChI is InChI=1S/C13H9ClN4O4/c14-10-6-5-9(7-13(10)18(21)22)8-15-16-11-3-1-2-4-12(11)17(19)20/h1-8,16H. The number of halogens is 1. The van der Waals surface area contributed by atoms with Crippen molar-refractivity contribution in [3.63, 3.8) is 0 Å². The molecule has 0 fully saturated rings. The Morgan fingerprint density at radius 3 is 2.41 bits per heavy atom. The van der Waals surface area contributed by atoms with Crippen molar-refractivity contribution in [3.05, 3.63) is 73.3 Å². The van der Waals surface area contributed by atoms with Crippen molar-refractivity contribution in [2.75, 3.05) is 5.43 Å². The minimum absolute atomic E-state index is 0.0220. The summed E-state index contributed by atoms with van der Waals surface area (Å²) in [5.74, 6) is 0. The van der Waals surface area contributed by atoms with Crippen LogP contribution < -0.4 is 5.43 Å². The van der Waals surface area contributed by atoms with Crippen LogP contribution in [0.3, 0.4) is 0 Å². The van der Waals surface area contributed by atoms with Crippen LogP contribution in [0.2, 0.25) is 5.02 Å². The highest BCUT2D eigenvalue weighted by Gasteiger charge is 2.13. The normalized spacial score (nSPS) is 10.6. The number of hydrogen-bond acceptors (Lipinski definition) is 6. The summed E-state index contributed by atoms with van der Waals surface area (Å²) in [5.41, 5.74) is 2.82. The van der Waals surface area contributed by atoms with Gasteiger partial charge >= 0.3 is 0 Å². The molecular weight excluding hydrogens is 312 g/mol. The average Bonchev–Trinajstić information content (AvgIpc) is 2.49. The molecular formula is C13H9ClN4O4. The first kappa shape index (κ1) is 15.4. The van der Waals surface area contributed by atoms with Crippen LogP contribution in [-0.2, 0) is 0 Å². The summed E-state index contributed by atoms with van der Waals surface area (Å²) in [6, 6.07) is 10.2. The van der Waals surface area contributed by atoms with Gasteiger partial charge in [-0.2, -0.15) is 5.10 Å². The smallest absolute Gasteiger partial charge is 0.272 e. The van der Waals surface area contributed by atoms with Crippen molar-refractivity contribution in [1.82, 2.24) is 0 Å². The number of hydrazone groups is 1. The average molecular weight is 321 g/mol. The number of rotatable bonds is 5. The Balaban J connectivity index is 2.19. The zero-order chi connectivity index (χ0) is 16.1. The molecule has 2 aromatic rings. The molecule has 0 bridgehead atoms. The third-order valence-electron chi connectivity index (χ3n) is 2.67. The molecule has 0 amide bonds. The van der Waals surface area contributed by atoms with Crippen LogP contribution in [-0.4, -0.2) is 16.1 Å². The third kappa shape index (κ3) is 3.55. The van der Waals surface area contributed by atoms with Gasteiger partial charge in [0, 0.05) is 17.7 Å². The molecule has 8 nitrogen and oxygen atoms in total. The predicted molar refractivity (Wildman–Crippen MR) is 82.4 cm³/mol. The maximum absolute atomic E-state index is 10.8. The van der Waals surface area contributed by atoms with Crippen molar-refractivity contribution in [1.29, 1.82) is 0 Å². The van der Waals surface area contributed by atoms with Gasteiger partial charge in [0.1, 0.15) is 10.7 Å². The van der Waals surface area contributed by atoms with E-state index in [0.29, 0.717) is 5.56 Å². The molecule has 0 aliphatic rings. The molecule has 0 aliphatic carbocycles. The Labute approximate surface area is 129 Å². The lowest BCUT2D eigenvalue weighted by molar-refractivity contribution is -0.384. The maximum atomic E-state index is 10.8. The van der Waals surface area contributed by atoms with Gasteiger partial charge in [0.2, 0.25) is 0 Å². The topological polar surface area (TPSA) is 111 Å². The van der Waals surface area contributed by atoms with E-state index in [2.05, 4.69) is 10.5 Å². The lowest BCUT2D eigenvalue weighted by Gasteiger charge is -2.01. The first-order valence-electron chi connectivity index (χ1n) is 5.95. The fraction of sp³-hybridized carbons (Fsp3) is 0. The molecule has 0 saturated carbocycles. The van der Waals surface area contributed by atoms with Crippen molar-refractivity contribution in [2.24, 2.45) is 5.10 Å². The summed E-state index contributed by atoms with van der Waals surface area (Å²) in [7, 11) is 0. The number of benzene rings is 2. The molecule has 2 rings (SSSR count). The molecule has 0 heterocycles. The summed E-state index contributed by atoms with van der Waals surface area (Å²) in [5, 5.41) is 25.5. The van der Waals surface area contributed by atoms with Crippen LogP contribution in [0.25, 0.3) is 0 Å². The summed E-state index contributed by atoms with van der Waals surface area (Å²) in [6.07, 6.45) is 1.31. The lowest BCUT2D eigenvalue weighted by atomic mass is 10.2. The molecule has 0 radical (unpaired) electrons. The van der Waals surface area contributed by atoms with E-state index in [4.69, 9.17) is 11.6 Å². The van der Waals surface area contributed by atoms with E-state index in [1.165, 1.54) is 36.5 Å². The van der Waals surface area contributed by atoms with Gasteiger partial charge in [0.05, 0.1) is 16.1 Å². The first-order chi connectivity index (χ1) is 10.5. The molecule has 2 aromatic carbocycles. The van der Waals surface area contributed by atoms with E-state index in [9.17, 15) is 20.2 Å². The Kier molecular flexibility index (Phi) is 4.64. The molecule has 0 unspecified atom stereocenters. The van der Waals surface area contributed by atoms with E-state index < -0.39 is 9.85 Å². The number of anilines is 1. The fourth-order valence-electron chi connectivity index (χ4n) is 1.65. The highest BCUT2D eigenvalue weighted by Crippen LogP contribution is 2.25. The molecule has 0 saturated heterocycles. The number of nitrogens with zero attached hydrogens (tertiary/aromatic N) is 3. The van der Waals surface area contributed by atoms with E-state index in [1.54, 1.807) is 12.1 Å². The molecule has 0 aliphatic heterocycles. The summed E-state index contributed by atoms with van der Waals surface area (Å²) in [6.45, 7) is 0. The van der Waals surface area contributed by atoms with Crippen molar-refractivity contribution < 1.29 is 9.85 Å². The fourth-order valence-corrected chi connectivity index (χ4v) is 1.84. The molecule has 0 atom stereocenters. The van der Waals surface area contributed by atoms with Gasteiger partial charge in [-0.3, -0.25) is 25.7 Å². The van der Waals surface area contributed by atoms with Gasteiger partial charge in [-0.05, 0) is 12.1 Å². The van der Waals surface area contributed by atoms with Gasteiger partial charge in [-0.15, -0.1) is 0 Å². The monoisotopic (exact) mass is 320 g/mol. The van der Waals surface area contributed by atoms with Crippen LogP contribution in [0.5, 0.6) is 0 Å². The number of hydrogen-bond donors (Lipinski definition) is 1. The van der Waals surface area contributed by atoms with Crippen molar-refractivity contribution in [2.45, 2.75) is 0 Å². The molecule has 9 heteroatoms. The van der Waals surface area contributed by atoms with Gasteiger partial charge in [-0.25, -0.2) is 0 Å². The van der Waals surface area contributed by atoms with E-state index in [0.717, 1.165) is 0 Å². The van der Waals surface area contributed by atoms with Gasteiger partial charge in [0.25, 0.3) is 11.4 Å². The summed E-state index contributed by atoms with van der Waals surface area (Å²) >= 11 is 5.70. The molecule has 112 valence electrons. The summed E-state index contributed by atoms with van der Waals surface area (Å²) < 4.78 is 0. The van der Waals surface area contributed by atoms with Gasteiger partial charge in [0.15, 0.2) is 0 Å². The lowest BCUT2D eigenvalue weighted by Crippen LogP contribution is -1.97. The van der Waals surface area contributed by atoms with E-state index in [1.807, 2.05) is 0 Å². The molecule has 0 spiro atoms. The maximum Gasteiger partial charge on any atom is 0.294 e. The number of nitro groups is 2. The Morgan fingerprint density at radius 1 is 1.05 bits per heavy atom. The second-order valence-corrected chi connectivity index (χ2v) is 4.52. The van der Waals surface area contributed by atoms with Crippen LogP contribution in [0.4, 0.5) is 17.1 Å². The number of para-hydroxylation sites is 2. The summed E-state index contributed by atoms with van der Waals surface area (Å²) in [4.78, 5) is 20.5. The Hall–Kier alpha value is -3.00. The Bertz CT molecular complexity index is 763. The molecule has 1 N–H and O–H groups in total. The van der Waals surface area contributed by atoms with Crippen LogP contribution in [0.1, 0.15) is 5.56 Å². The Morgan fingerprint density at radius 2 is 1.73 bits per heavy atom. The van der Waals surface area contributed by atoms with Crippen LogP contribution >= 0.6 is 11.6 Å². The van der Waals surface area contributed by atoms with Crippen molar-refractivity contribution >= 4 is 34.9 Å². The predicted octanol–water partition coefficient (Wildman–Crippen LogP) is 3.60. The minimum atomic E-state index is -0.602. The molecule has 0 aromatic heterocycles. The zero-order valence-electron chi connectivity index (χ0n) is 11.0. The third-order valence-corrected chi connectivity index (χ3v) is 2.99. The second kappa shape index (κ2) is 6.64. The van der Waals surface area contributed by atoms with Gasteiger partial charge in [-0.1, -0.05) is 29.8 Å². The number of nitrogens with one attached hydrogen (secondary N) is 1. The highest BCUT2D eigenvalue weighted by molar-refractivity contribution is 6.32. The first-order valence-corrected chi connectivity index (χ1v) is 6.33. The van der Waals surface area contributed by atoms with Gasteiger partial charge < -0.3 is 0 Å². The quantitative estimate of drug-likeness (QED) is 0.514. The second-order valence-electron chi connectivity index (χ2n) is 4.11. The highest BCUT2D eigenvalue weighted by atomic mass is 35.5. The van der Waals surface area contributed by atoms with Crippen molar-refractivity contribution in [3.8, 4) is 0 Å². The van der Waals surface area contributed by atoms with Crippen LogP contribution in [0.15, 0.2) is 47.6 Å².